The predicted molar refractivity (Wildman–Crippen MR) is 78.9 cm³/mol. The van der Waals surface area contributed by atoms with Crippen molar-refractivity contribution in [3.63, 3.8) is 0 Å². The lowest BCUT2D eigenvalue weighted by Gasteiger charge is -2.16. The molecule has 1 unspecified atom stereocenters. The van der Waals surface area contributed by atoms with E-state index in [-0.39, 0.29) is 29.1 Å². The summed E-state index contributed by atoms with van der Waals surface area (Å²) in [5.41, 5.74) is 7.86. The van der Waals surface area contributed by atoms with Crippen molar-refractivity contribution >= 4 is 17.0 Å². The number of benzene rings is 2. The fourth-order valence-electron chi connectivity index (χ4n) is 2.62. The largest absolute Gasteiger partial charge is 0.369 e. The van der Waals surface area contributed by atoms with Crippen molar-refractivity contribution in [1.82, 2.24) is 9.55 Å². The van der Waals surface area contributed by atoms with Crippen LogP contribution in [0.25, 0.3) is 11.0 Å². The smallest absolute Gasteiger partial charge is 0.201 e. The zero-order valence-corrected chi connectivity index (χ0v) is 11.6. The van der Waals surface area contributed by atoms with Gasteiger partial charge in [0.2, 0.25) is 5.95 Å². The molecule has 2 N–H and O–H groups in total. The van der Waals surface area contributed by atoms with Crippen LogP contribution < -0.4 is 5.73 Å². The number of aromatic nitrogens is 2. The molecule has 3 rings (SSSR count). The summed E-state index contributed by atoms with van der Waals surface area (Å²) in [5.74, 6) is -0.363. The van der Waals surface area contributed by atoms with E-state index in [1.165, 1.54) is 18.2 Å². The Balaban J connectivity index is 1.98. The molecule has 3 aromatic rings. The summed E-state index contributed by atoms with van der Waals surface area (Å²) < 4.78 is 28.5. The van der Waals surface area contributed by atoms with Gasteiger partial charge in [-0.05, 0) is 43.2 Å². The molecule has 0 radical (unpaired) electrons. The molecular formula is C16H15F2N3. The van der Waals surface area contributed by atoms with Crippen LogP contribution in [0.15, 0.2) is 42.5 Å². The molecule has 0 amide bonds. The summed E-state index contributed by atoms with van der Waals surface area (Å²) in [6.45, 7) is 1.98. The van der Waals surface area contributed by atoms with Gasteiger partial charge < -0.3 is 10.3 Å². The molecule has 1 heterocycles. The zero-order valence-electron chi connectivity index (χ0n) is 11.6. The number of para-hydroxylation sites is 1. The van der Waals surface area contributed by atoms with Gasteiger partial charge in [0.25, 0.3) is 0 Å². The molecular weight excluding hydrogens is 272 g/mol. The molecule has 2 aromatic carbocycles. The Hall–Kier alpha value is -2.43. The summed E-state index contributed by atoms with van der Waals surface area (Å²) in [6, 6.07) is 11.1. The molecule has 21 heavy (non-hydrogen) atoms. The van der Waals surface area contributed by atoms with Crippen molar-refractivity contribution in [2.75, 3.05) is 5.73 Å². The van der Waals surface area contributed by atoms with Crippen molar-refractivity contribution in [1.29, 1.82) is 0 Å². The number of nitrogens with two attached hydrogens (primary N) is 1. The number of hydrogen-bond donors (Lipinski definition) is 1. The maximum Gasteiger partial charge on any atom is 0.201 e. The summed E-state index contributed by atoms with van der Waals surface area (Å²) >= 11 is 0. The standard InChI is InChI=1S/C16H15F2N3/c1-10(9-11-5-7-12(17)8-6-11)21-14-4-2-3-13(18)15(14)20-16(21)19/h2-8,10H,9H2,1H3,(H2,19,20). The molecule has 0 bridgehead atoms. The van der Waals surface area contributed by atoms with E-state index in [2.05, 4.69) is 4.98 Å². The van der Waals surface area contributed by atoms with Gasteiger partial charge in [-0.2, -0.15) is 0 Å². The fourth-order valence-corrected chi connectivity index (χ4v) is 2.62. The van der Waals surface area contributed by atoms with Gasteiger partial charge in [-0.25, -0.2) is 13.8 Å². The Labute approximate surface area is 121 Å². The molecule has 1 atom stereocenters. The third kappa shape index (κ3) is 2.46. The Morgan fingerprint density at radius 3 is 2.57 bits per heavy atom. The van der Waals surface area contributed by atoms with E-state index in [9.17, 15) is 8.78 Å². The van der Waals surface area contributed by atoms with Crippen LogP contribution in [-0.4, -0.2) is 9.55 Å². The number of rotatable bonds is 3. The molecule has 0 aliphatic carbocycles. The summed E-state index contributed by atoms with van der Waals surface area (Å²) in [6.07, 6.45) is 0.659. The quantitative estimate of drug-likeness (QED) is 0.798. The summed E-state index contributed by atoms with van der Waals surface area (Å²) in [4.78, 5) is 4.10. The molecule has 108 valence electrons. The van der Waals surface area contributed by atoms with E-state index in [1.807, 2.05) is 11.5 Å². The van der Waals surface area contributed by atoms with Gasteiger partial charge in [0, 0.05) is 6.04 Å². The van der Waals surface area contributed by atoms with Crippen LogP contribution in [0.2, 0.25) is 0 Å². The third-order valence-electron chi connectivity index (χ3n) is 3.58. The normalized spacial score (nSPS) is 12.7. The third-order valence-corrected chi connectivity index (χ3v) is 3.58. The number of nitrogens with zero attached hydrogens (tertiary/aromatic N) is 2. The highest BCUT2D eigenvalue weighted by atomic mass is 19.1. The van der Waals surface area contributed by atoms with Crippen molar-refractivity contribution in [2.45, 2.75) is 19.4 Å². The fraction of sp³-hybridized carbons (Fsp3) is 0.188. The second-order valence-corrected chi connectivity index (χ2v) is 5.13. The first kappa shape index (κ1) is 13.5. The molecule has 0 fully saturated rings. The van der Waals surface area contributed by atoms with E-state index in [4.69, 9.17) is 5.73 Å². The molecule has 5 heteroatoms. The van der Waals surface area contributed by atoms with Gasteiger partial charge in [-0.15, -0.1) is 0 Å². The van der Waals surface area contributed by atoms with E-state index in [1.54, 1.807) is 24.3 Å². The van der Waals surface area contributed by atoms with Crippen molar-refractivity contribution < 1.29 is 8.78 Å². The van der Waals surface area contributed by atoms with Gasteiger partial charge in [-0.3, -0.25) is 0 Å². The van der Waals surface area contributed by atoms with Crippen molar-refractivity contribution in [3.8, 4) is 0 Å². The second kappa shape index (κ2) is 5.16. The van der Waals surface area contributed by atoms with Crippen LogP contribution in [0.4, 0.5) is 14.7 Å². The number of fused-ring (bicyclic) bond motifs is 1. The minimum atomic E-state index is -0.382. The first-order chi connectivity index (χ1) is 10.1. The SMILES string of the molecule is CC(Cc1ccc(F)cc1)n1c(N)nc2c(F)cccc21. The monoisotopic (exact) mass is 287 g/mol. The molecule has 0 saturated carbocycles. The lowest BCUT2D eigenvalue weighted by molar-refractivity contribution is 0.564. The average Bonchev–Trinajstić information content (AvgIpc) is 2.79. The maximum atomic E-state index is 13.7. The lowest BCUT2D eigenvalue weighted by Crippen LogP contribution is -2.11. The molecule has 0 spiro atoms. The highest BCUT2D eigenvalue weighted by molar-refractivity contribution is 5.79. The first-order valence-electron chi connectivity index (χ1n) is 6.72. The van der Waals surface area contributed by atoms with Crippen LogP contribution in [-0.2, 0) is 6.42 Å². The Bertz CT molecular complexity index is 778. The van der Waals surface area contributed by atoms with Crippen molar-refractivity contribution in [3.05, 3.63) is 59.7 Å². The minimum absolute atomic E-state index is 0.0118. The predicted octanol–water partition coefficient (Wildman–Crippen LogP) is 3.70. The van der Waals surface area contributed by atoms with Crippen molar-refractivity contribution in [2.24, 2.45) is 0 Å². The minimum Gasteiger partial charge on any atom is -0.369 e. The van der Waals surface area contributed by atoms with Crippen LogP contribution in [0, 0.1) is 11.6 Å². The van der Waals surface area contributed by atoms with E-state index < -0.39 is 0 Å². The Kier molecular flexibility index (Phi) is 3.33. The lowest BCUT2D eigenvalue weighted by atomic mass is 10.1. The van der Waals surface area contributed by atoms with Gasteiger partial charge in [-0.1, -0.05) is 18.2 Å². The molecule has 0 aliphatic rings. The van der Waals surface area contributed by atoms with E-state index >= 15 is 0 Å². The van der Waals surface area contributed by atoms with Gasteiger partial charge in [0.05, 0.1) is 5.52 Å². The number of anilines is 1. The highest BCUT2D eigenvalue weighted by Crippen LogP contribution is 2.26. The number of hydrogen-bond acceptors (Lipinski definition) is 2. The summed E-state index contributed by atoms with van der Waals surface area (Å²) in [5, 5.41) is 0. The molecule has 0 saturated heterocycles. The van der Waals surface area contributed by atoms with Gasteiger partial charge in [0.1, 0.15) is 11.3 Å². The van der Waals surface area contributed by atoms with Crippen LogP contribution in [0.3, 0.4) is 0 Å². The van der Waals surface area contributed by atoms with Gasteiger partial charge >= 0.3 is 0 Å². The molecule has 0 aliphatic heterocycles. The zero-order chi connectivity index (χ0) is 15.0. The Morgan fingerprint density at radius 1 is 1.14 bits per heavy atom. The van der Waals surface area contributed by atoms with E-state index in [0.29, 0.717) is 11.9 Å². The molecule has 3 nitrogen and oxygen atoms in total. The topological polar surface area (TPSA) is 43.8 Å². The van der Waals surface area contributed by atoms with Gasteiger partial charge in [0.15, 0.2) is 5.82 Å². The molecule has 1 aromatic heterocycles. The highest BCUT2D eigenvalue weighted by Gasteiger charge is 2.16. The first-order valence-corrected chi connectivity index (χ1v) is 6.72. The van der Waals surface area contributed by atoms with Crippen LogP contribution >= 0.6 is 0 Å². The number of imidazole rings is 1. The maximum absolute atomic E-state index is 13.7. The van der Waals surface area contributed by atoms with E-state index in [0.717, 1.165) is 5.56 Å². The number of nitrogen functional groups attached to an aromatic ring is 1. The summed E-state index contributed by atoms with van der Waals surface area (Å²) in [7, 11) is 0. The Morgan fingerprint density at radius 2 is 1.86 bits per heavy atom. The van der Waals surface area contributed by atoms with Crippen LogP contribution in [0.5, 0.6) is 0 Å². The average molecular weight is 287 g/mol. The van der Waals surface area contributed by atoms with Crippen LogP contribution in [0.1, 0.15) is 18.5 Å². The number of halogens is 2. The second-order valence-electron chi connectivity index (χ2n) is 5.13.